The lowest BCUT2D eigenvalue weighted by Gasteiger charge is -2.31. The number of hydrogen-bond acceptors (Lipinski definition) is 3. The number of rotatable bonds is 4. The third-order valence-electron chi connectivity index (χ3n) is 4.35. The van der Waals surface area contributed by atoms with Gasteiger partial charge >= 0.3 is 0 Å². The summed E-state index contributed by atoms with van der Waals surface area (Å²) >= 11 is 0. The number of benzene rings is 1. The molecule has 1 atom stereocenters. The predicted molar refractivity (Wildman–Crippen MR) is 90.5 cm³/mol. The quantitative estimate of drug-likeness (QED) is 0.938. The summed E-state index contributed by atoms with van der Waals surface area (Å²) in [5.41, 5.74) is 2.96. The Bertz CT molecular complexity index is 665. The zero-order chi connectivity index (χ0) is 16.2. The second-order valence-electron chi connectivity index (χ2n) is 6.11. The van der Waals surface area contributed by atoms with Gasteiger partial charge in [0.15, 0.2) is 0 Å². The maximum atomic E-state index is 12.8. The lowest BCUT2D eigenvalue weighted by molar-refractivity contribution is 0.0708. The molecule has 0 radical (unpaired) electrons. The minimum atomic E-state index is 0.106. The number of aromatic nitrogens is 2. The van der Waals surface area contributed by atoms with Gasteiger partial charge in [-0.1, -0.05) is 37.3 Å². The summed E-state index contributed by atoms with van der Waals surface area (Å²) in [6, 6.07) is 10.6. The third-order valence-corrected chi connectivity index (χ3v) is 4.35. The lowest BCUT2D eigenvalue weighted by atomic mass is 10.1. The molecule has 0 aliphatic carbocycles. The van der Waals surface area contributed by atoms with Crippen molar-refractivity contribution in [3.05, 3.63) is 53.3 Å². The standard InChI is InChI=1S/C18H24N4O/c1-3-17-16(18(23)21-10-9-19-14(2)12-21)11-20-22(17)13-15-7-5-4-6-8-15/h4-8,11,14,19H,3,9-10,12-13H2,1-2H3. The van der Waals surface area contributed by atoms with Gasteiger partial charge in [-0.25, -0.2) is 0 Å². The Morgan fingerprint density at radius 2 is 2.13 bits per heavy atom. The van der Waals surface area contributed by atoms with Gasteiger partial charge in [-0.05, 0) is 18.9 Å². The van der Waals surface area contributed by atoms with Crippen LogP contribution in [0.1, 0.15) is 35.5 Å². The number of nitrogens with zero attached hydrogens (tertiary/aromatic N) is 3. The Morgan fingerprint density at radius 1 is 1.35 bits per heavy atom. The molecule has 1 aliphatic rings. The maximum absolute atomic E-state index is 12.8. The van der Waals surface area contributed by atoms with Crippen molar-refractivity contribution in [3.63, 3.8) is 0 Å². The van der Waals surface area contributed by atoms with Gasteiger partial charge in [0, 0.05) is 25.7 Å². The maximum Gasteiger partial charge on any atom is 0.257 e. The first-order chi connectivity index (χ1) is 11.2. The van der Waals surface area contributed by atoms with Gasteiger partial charge < -0.3 is 10.2 Å². The van der Waals surface area contributed by atoms with E-state index in [1.165, 1.54) is 5.56 Å². The number of carbonyl (C=O) groups is 1. The molecule has 0 spiro atoms. The molecule has 1 saturated heterocycles. The zero-order valence-corrected chi connectivity index (χ0v) is 13.8. The fraction of sp³-hybridized carbons (Fsp3) is 0.444. The highest BCUT2D eigenvalue weighted by Gasteiger charge is 2.25. The Balaban J connectivity index is 1.81. The van der Waals surface area contributed by atoms with Crippen molar-refractivity contribution in [1.82, 2.24) is 20.0 Å². The van der Waals surface area contributed by atoms with Crippen molar-refractivity contribution in [3.8, 4) is 0 Å². The normalized spacial score (nSPS) is 18.2. The van der Waals surface area contributed by atoms with Crippen LogP contribution >= 0.6 is 0 Å². The largest absolute Gasteiger partial charge is 0.336 e. The van der Waals surface area contributed by atoms with Crippen LogP contribution in [0.15, 0.2) is 36.5 Å². The molecule has 1 unspecified atom stereocenters. The predicted octanol–water partition coefficient (Wildman–Crippen LogP) is 1.93. The molecule has 0 saturated carbocycles. The minimum Gasteiger partial charge on any atom is -0.336 e. The Morgan fingerprint density at radius 3 is 2.83 bits per heavy atom. The number of nitrogens with one attached hydrogen (secondary N) is 1. The van der Waals surface area contributed by atoms with Gasteiger partial charge in [-0.3, -0.25) is 9.48 Å². The molecule has 1 aliphatic heterocycles. The topological polar surface area (TPSA) is 50.2 Å². The van der Waals surface area contributed by atoms with Crippen molar-refractivity contribution in [2.75, 3.05) is 19.6 Å². The molecule has 122 valence electrons. The van der Waals surface area contributed by atoms with Crippen molar-refractivity contribution in [1.29, 1.82) is 0 Å². The van der Waals surface area contributed by atoms with E-state index >= 15 is 0 Å². The van der Waals surface area contributed by atoms with Crippen molar-refractivity contribution in [2.45, 2.75) is 32.9 Å². The fourth-order valence-electron chi connectivity index (χ4n) is 3.14. The molecule has 5 heteroatoms. The van der Waals surface area contributed by atoms with Crippen LogP contribution in [0.3, 0.4) is 0 Å². The van der Waals surface area contributed by atoms with Crippen LogP contribution in [0.2, 0.25) is 0 Å². The van der Waals surface area contributed by atoms with E-state index in [2.05, 4.69) is 36.4 Å². The second-order valence-corrected chi connectivity index (χ2v) is 6.11. The molecule has 3 rings (SSSR count). The highest BCUT2D eigenvalue weighted by molar-refractivity contribution is 5.95. The summed E-state index contributed by atoms with van der Waals surface area (Å²) in [5.74, 6) is 0.106. The van der Waals surface area contributed by atoms with Crippen molar-refractivity contribution >= 4 is 5.91 Å². The first kappa shape index (κ1) is 15.7. The van der Waals surface area contributed by atoms with Crippen LogP contribution in [0.5, 0.6) is 0 Å². The monoisotopic (exact) mass is 312 g/mol. The smallest absolute Gasteiger partial charge is 0.257 e. The van der Waals surface area contributed by atoms with E-state index in [1.54, 1.807) is 6.20 Å². The molecule has 1 fully saturated rings. The zero-order valence-electron chi connectivity index (χ0n) is 13.8. The first-order valence-electron chi connectivity index (χ1n) is 8.30. The van der Waals surface area contributed by atoms with Gasteiger partial charge in [-0.15, -0.1) is 0 Å². The summed E-state index contributed by atoms with van der Waals surface area (Å²) in [6.07, 6.45) is 2.53. The molecule has 2 aromatic rings. The minimum absolute atomic E-state index is 0.106. The van der Waals surface area contributed by atoms with E-state index in [0.29, 0.717) is 12.6 Å². The number of piperazine rings is 1. The van der Waals surface area contributed by atoms with Crippen molar-refractivity contribution in [2.24, 2.45) is 0 Å². The second kappa shape index (κ2) is 6.96. The van der Waals surface area contributed by atoms with Crippen LogP contribution in [-0.4, -0.2) is 46.3 Å². The molecular formula is C18H24N4O. The van der Waals surface area contributed by atoms with E-state index in [4.69, 9.17) is 0 Å². The fourth-order valence-corrected chi connectivity index (χ4v) is 3.14. The molecule has 1 aromatic heterocycles. The highest BCUT2D eigenvalue weighted by atomic mass is 16.2. The van der Waals surface area contributed by atoms with Gasteiger partial charge in [-0.2, -0.15) is 5.10 Å². The molecule has 1 aromatic carbocycles. The average molecular weight is 312 g/mol. The summed E-state index contributed by atoms with van der Waals surface area (Å²) in [4.78, 5) is 14.8. The third kappa shape index (κ3) is 3.45. The van der Waals surface area contributed by atoms with E-state index in [1.807, 2.05) is 27.8 Å². The molecule has 0 bridgehead atoms. The van der Waals surface area contributed by atoms with Gasteiger partial charge in [0.1, 0.15) is 0 Å². The molecular weight excluding hydrogens is 288 g/mol. The Hall–Kier alpha value is -2.14. The van der Waals surface area contributed by atoms with Crippen LogP contribution in [0.4, 0.5) is 0 Å². The molecule has 1 N–H and O–H groups in total. The molecule has 1 amide bonds. The van der Waals surface area contributed by atoms with Crippen LogP contribution in [0, 0.1) is 0 Å². The van der Waals surface area contributed by atoms with Crippen LogP contribution in [0.25, 0.3) is 0 Å². The molecule has 2 heterocycles. The van der Waals surface area contributed by atoms with Gasteiger partial charge in [0.2, 0.25) is 0 Å². The summed E-state index contributed by atoms with van der Waals surface area (Å²) in [6.45, 7) is 7.26. The van der Waals surface area contributed by atoms with E-state index in [9.17, 15) is 4.79 Å². The highest BCUT2D eigenvalue weighted by Crippen LogP contribution is 2.15. The summed E-state index contributed by atoms with van der Waals surface area (Å²) in [5, 5.41) is 7.84. The SMILES string of the molecule is CCc1c(C(=O)N2CCNC(C)C2)cnn1Cc1ccccc1. The van der Waals surface area contributed by atoms with Gasteiger partial charge in [0.05, 0.1) is 24.0 Å². The van der Waals surface area contributed by atoms with Gasteiger partial charge in [0.25, 0.3) is 5.91 Å². The van der Waals surface area contributed by atoms with E-state index < -0.39 is 0 Å². The number of amides is 1. The molecule has 5 nitrogen and oxygen atoms in total. The number of carbonyl (C=O) groups excluding carboxylic acids is 1. The molecule has 23 heavy (non-hydrogen) atoms. The van der Waals surface area contributed by atoms with E-state index in [0.717, 1.165) is 37.3 Å². The van der Waals surface area contributed by atoms with Crippen LogP contribution < -0.4 is 5.32 Å². The van der Waals surface area contributed by atoms with E-state index in [-0.39, 0.29) is 5.91 Å². The Labute approximate surface area is 137 Å². The summed E-state index contributed by atoms with van der Waals surface area (Å²) < 4.78 is 1.95. The Kier molecular flexibility index (Phi) is 4.76. The number of hydrogen-bond donors (Lipinski definition) is 1. The van der Waals surface area contributed by atoms with Crippen molar-refractivity contribution < 1.29 is 4.79 Å². The first-order valence-corrected chi connectivity index (χ1v) is 8.30. The lowest BCUT2D eigenvalue weighted by Crippen LogP contribution is -2.51. The van der Waals surface area contributed by atoms with Crippen LogP contribution in [-0.2, 0) is 13.0 Å². The average Bonchev–Trinajstić information content (AvgIpc) is 2.97. The summed E-state index contributed by atoms with van der Waals surface area (Å²) in [7, 11) is 0.